The smallest absolute Gasteiger partial charge is 0.229 e. The molecule has 5 heteroatoms. The zero-order valence-electron chi connectivity index (χ0n) is 16.3. The maximum absolute atomic E-state index is 5.48. The molecule has 0 saturated heterocycles. The van der Waals surface area contributed by atoms with Gasteiger partial charge in [-0.15, -0.1) is 0 Å². The van der Waals surface area contributed by atoms with Gasteiger partial charge < -0.3 is 15.4 Å². The predicted octanol–water partition coefficient (Wildman–Crippen LogP) is 5.79. The van der Waals surface area contributed by atoms with Gasteiger partial charge in [-0.3, -0.25) is 0 Å². The molecular weight excluding hydrogens is 336 g/mol. The minimum Gasteiger partial charge on any atom is -0.494 e. The van der Waals surface area contributed by atoms with Crippen LogP contribution in [0, 0.1) is 6.92 Å². The number of aromatic nitrogens is 2. The van der Waals surface area contributed by atoms with Crippen molar-refractivity contribution in [3.8, 4) is 5.75 Å². The fourth-order valence-corrected chi connectivity index (χ4v) is 2.87. The van der Waals surface area contributed by atoms with Crippen LogP contribution in [-0.2, 0) is 0 Å². The van der Waals surface area contributed by atoms with Gasteiger partial charge in [-0.2, -0.15) is 4.98 Å². The Morgan fingerprint density at radius 3 is 2.41 bits per heavy atom. The van der Waals surface area contributed by atoms with E-state index in [9.17, 15) is 0 Å². The van der Waals surface area contributed by atoms with Crippen LogP contribution < -0.4 is 15.4 Å². The molecule has 0 atom stereocenters. The first-order valence-electron chi connectivity index (χ1n) is 9.26. The molecule has 0 fully saturated rings. The number of aryl methyl sites for hydroxylation is 1. The van der Waals surface area contributed by atoms with Gasteiger partial charge in [0.05, 0.1) is 6.61 Å². The van der Waals surface area contributed by atoms with Crippen LogP contribution >= 0.6 is 0 Å². The van der Waals surface area contributed by atoms with Crippen LogP contribution in [-0.4, -0.2) is 16.6 Å². The Labute approximate surface area is 160 Å². The first kappa shape index (κ1) is 18.7. The van der Waals surface area contributed by atoms with Crippen LogP contribution in [0.2, 0.25) is 0 Å². The molecule has 0 aliphatic heterocycles. The third-order valence-electron chi connectivity index (χ3n) is 4.12. The molecule has 2 aromatic carbocycles. The highest BCUT2D eigenvalue weighted by Crippen LogP contribution is 2.27. The lowest BCUT2D eigenvalue weighted by Gasteiger charge is -2.15. The Bertz CT molecular complexity index is 891. The SMILES string of the molecule is CCOc1ccc(Nc2cc(C)nc(Nc3ccccc3C(C)C)n2)cc1. The van der Waals surface area contributed by atoms with E-state index >= 15 is 0 Å². The monoisotopic (exact) mass is 362 g/mol. The van der Waals surface area contributed by atoms with Crippen molar-refractivity contribution >= 4 is 23.1 Å². The van der Waals surface area contributed by atoms with Gasteiger partial charge in [0.15, 0.2) is 0 Å². The van der Waals surface area contributed by atoms with Gasteiger partial charge in [-0.05, 0) is 55.7 Å². The van der Waals surface area contributed by atoms with E-state index in [0.29, 0.717) is 18.5 Å². The third kappa shape index (κ3) is 4.97. The van der Waals surface area contributed by atoms with E-state index in [-0.39, 0.29) is 0 Å². The second-order valence-electron chi connectivity index (χ2n) is 6.67. The molecule has 0 saturated carbocycles. The molecule has 0 aliphatic rings. The van der Waals surface area contributed by atoms with E-state index in [1.807, 2.05) is 50.2 Å². The van der Waals surface area contributed by atoms with Gasteiger partial charge in [0.25, 0.3) is 0 Å². The van der Waals surface area contributed by atoms with E-state index in [4.69, 9.17) is 4.74 Å². The topological polar surface area (TPSA) is 59.1 Å². The molecule has 1 aromatic heterocycles. The standard InChI is InChI=1S/C22H26N4O/c1-5-27-18-12-10-17(11-13-18)24-21-14-16(4)23-22(26-21)25-20-9-7-6-8-19(20)15(2)3/h6-15H,5H2,1-4H3,(H2,23,24,25,26). The summed E-state index contributed by atoms with van der Waals surface area (Å²) in [5.74, 6) is 2.60. The Morgan fingerprint density at radius 2 is 1.70 bits per heavy atom. The molecule has 0 radical (unpaired) electrons. The minimum atomic E-state index is 0.417. The zero-order chi connectivity index (χ0) is 19.2. The summed E-state index contributed by atoms with van der Waals surface area (Å²) in [6.45, 7) is 8.95. The number of ether oxygens (including phenoxy) is 1. The van der Waals surface area contributed by atoms with Gasteiger partial charge in [0.2, 0.25) is 5.95 Å². The number of hydrogen-bond donors (Lipinski definition) is 2. The van der Waals surface area contributed by atoms with Gasteiger partial charge in [-0.1, -0.05) is 32.0 Å². The van der Waals surface area contributed by atoms with Crippen molar-refractivity contribution < 1.29 is 4.74 Å². The number of benzene rings is 2. The van der Waals surface area contributed by atoms with E-state index in [1.165, 1.54) is 5.56 Å². The van der Waals surface area contributed by atoms with Gasteiger partial charge >= 0.3 is 0 Å². The van der Waals surface area contributed by atoms with Crippen molar-refractivity contribution in [2.45, 2.75) is 33.6 Å². The van der Waals surface area contributed by atoms with Gasteiger partial charge in [0, 0.05) is 23.1 Å². The van der Waals surface area contributed by atoms with Crippen molar-refractivity contribution in [3.05, 3.63) is 65.9 Å². The summed E-state index contributed by atoms with van der Waals surface area (Å²) in [7, 11) is 0. The lowest BCUT2D eigenvalue weighted by atomic mass is 10.0. The molecule has 2 N–H and O–H groups in total. The molecule has 140 valence electrons. The van der Waals surface area contributed by atoms with Crippen molar-refractivity contribution in [3.63, 3.8) is 0 Å². The molecule has 0 unspecified atom stereocenters. The number of anilines is 4. The summed E-state index contributed by atoms with van der Waals surface area (Å²) in [4.78, 5) is 9.15. The van der Waals surface area contributed by atoms with Crippen LogP contribution in [0.15, 0.2) is 54.6 Å². The van der Waals surface area contributed by atoms with E-state index < -0.39 is 0 Å². The summed E-state index contributed by atoms with van der Waals surface area (Å²) in [5, 5.41) is 6.70. The van der Waals surface area contributed by atoms with Crippen LogP contribution in [0.5, 0.6) is 5.75 Å². The second kappa shape index (κ2) is 8.54. The summed E-state index contributed by atoms with van der Waals surface area (Å²) in [6, 6.07) is 18.0. The maximum atomic E-state index is 5.48. The average molecular weight is 362 g/mol. The number of para-hydroxylation sites is 1. The normalized spacial score (nSPS) is 10.7. The number of nitrogens with one attached hydrogen (secondary N) is 2. The number of rotatable bonds is 7. The summed E-state index contributed by atoms with van der Waals surface area (Å²) in [6.07, 6.45) is 0. The molecular formula is C22H26N4O. The summed E-state index contributed by atoms with van der Waals surface area (Å²) in [5.41, 5.74) is 4.11. The molecule has 0 aliphatic carbocycles. The lowest BCUT2D eigenvalue weighted by molar-refractivity contribution is 0.340. The largest absolute Gasteiger partial charge is 0.494 e. The van der Waals surface area contributed by atoms with Crippen molar-refractivity contribution in [1.29, 1.82) is 0 Å². The van der Waals surface area contributed by atoms with Crippen LogP contribution in [0.4, 0.5) is 23.1 Å². The fraction of sp³-hybridized carbons (Fsp3) is 0.273. The number of hydrogen-bond acceptors (Lipinski definition) is 5. The quantitative estimate of drug-likeness (QED) is 0.557. The molecule has 5 nitrogen and oxygen atoms in total. The van der Waals surface area contributed by atoms with Crippen LogP contribution in [0.25, 0.3) is 0 Å². The van der Waals surface area contributed by atoms with Crippen molar-refractivity contribution in [2.75, 3.05) is 17.2 Å². The van der Waals surface area contributed by atoms with Gasteiger partial charge in [0.1, 0.15) is 11.6 Å². The van der Waals surface area contributed by atoms with E-state index in [1.54, 1.807) is 0 Å². The Hall–Kier alpha value is -3.08. The predicted molar refractivity (Wildman–Crippen MR) is 111 cm³/mol. The number of nitrogens with zero attached hydrogens (tertiary/aromatic N) is 2. The van der Waals surface area contributed by atoms with Crippen molar-refractivity contribution in [1.82, 2.24) is 9.97 Å². The lowest BCUT2D eigenvalue weighted by Crippen LogP contribution is -2.04. The second-order valence-corrected chi connectivity index (χ2v) is 6.67. The fourth-order valence-electron chi connectivity index (χ4n) is 2.87. The third-order valence-corrected chi connectivity index (χ3v) is 4.12. The first-order valence-corrected chi connectivity index (χ1v) is 9.26. The molecule has 1 heterocycles. The van der Waals surface area contributed by atoms with Crippen molar-refractivity contribution in [2.24, 2.45) is 0 Å². The Kier molecular flexibility index (Phi) is 5.91. The van der Waals surface area contributed by atoms with Gasteiger partial charge in [-0.25, -0.2) is 4.98 Å². The van der Waals surface area contributed by atoms with E-state index in [0.717, 1.165) is 28.6 Å². The zero-order valence-corrected chi connectivity index (χ0v) is 16.3. The maximum Gasteiger partial charge on any atom is 0.229 e. The highest BCUT2D eigenvalue weighted by atomic mass is 16.5. The Balaban J connectivity index is 1.80. The minimum absolute atomic E-state index is 0.417. The van der Waals surface area contributed by atoms with E-state index in [2.05, 4.69) is 52.6 Å². The summed E-state index contributed by atoms with van der Waals surface area (Å²) < 4.78 is 5.48. The molecule has 27 heavy (non-hydrogen) atoms. The van der Waals surface area contributed by atoms with Crippen LogP contribution in [0.3, 0.4) is 0 Å². The highest BCUT2D eigenvalue weighted by molar-refractivity contribution is 5.63. The summed E-state index contributed by atoms with van der Waals surface area (Å²) >= 11 is 0. The molecule has 0 amide bonds. The average Bonchev–Trinajstić information content (AvgIpc) is 2.63. The highest BCUT2D eigenvalue weighted by Gasteiger charge is 2.09. The molecule has 0 bridgehead atoms. The molecule has 3 aromatic rings. The first-order chi connectivity index (χ1) is 13.0. The molecule has 0 spiro atoms. The Morgan fingerprint density at radius 1 is 0.963 bits per heavy atom. The van der Waals surface area contributed by atoms with Crippen LogP contribution in [0.1, 0.15) is 37.9 Å². The molecule has 3 rings (SSSR count).